The minimum absolute atomic E-state index is 0.358. The quantitative estimate of drug-likeness (QED) is 0.510. The predicted molar refractivity (Wildman–Crippen MR) is 41.7 cm³/mol. The number of carbonyl (C=O) groups is 1. The summed E-state index contributed by atoms with van der Waals surface area (Å²) in [6, 6.07) is 0. The Hall–Kier alpha value is -0.330. The molecule has 0 aliphatic heterocycles. The predicted octanol–water partition coefficient (Wildman–Crippen LogP) is 2.26. The molecule has 1 aliphatic rings. The van der Waals surface area contributed by atoms with E-state index in [-0.39, 0.29) is 0 Å². The molecule has 1 aliphatic carbocycles. The van der Waals surface area contributed by atoms with Crippen LogP contribution in [0, 0.1) is 17.8 Å². The van der Waals surface area contributed by atoms with Gasteiger partial charge in [-0.05, 0) is 24.7 Å². The number of hydrogen-bond donors (Lipinski definition) is 0. The Labute approximate surface area is 62.8 Å². The Balaban J connectivity index is 2.43. The van der Waals surface area contributed by atoms with Gasteiger partial charge in [-0.2, -0.15) is 0 Å². The van der Waals surface area contributed by atoms with E-state index in [1.165, 1.54) is 12.8 Å². The number of hydrogen-bond acceptors (Lipinski definition) is 1. The Morgan fingerprint density at radius 1 is 1.30 bits per heavy atom. The molecule has 1 fully saturated rings. The molecule has 0 bridgehead atoms. The topological polar surface area (TPSA) is 17.1 Å². The average molecular weight is 140 g/mol. The number of aldehydes is 1. The highest BCUT2D eigenvalue weighted by atomic mass is 16.1. The molecule has 1 rings (SSSR count). The summed E-state index contributed by atoms with van der Waals surface area (Å²) in [5, 5.41) is 0. The van der Waals surface area contributed by atoms with Crippen molar-refractivity contribution in [3.63, 3.8) is 0 Å². The van der Waals surface area contributed by atoms with E-state index in [2.05, 4.69) is 13.8 Å². The average Bonchev–Trinajstić information content (AvgIpc) is 1.88. The summed E-state index contributed by atoms with van der Waals surface area (Å²) >= 11 is 0. The SMILES string of the molecule is C[C@H]1CC[C@@H](C=O)[C@H](C)C1. The van der Waals surface area contributed by atoms with Crippen LogP contribution in [0.1, 0.15) is 33.1 Å². The van der Waals surface area contributed by atoms with Crippen molar-refractivity contribution in [2.24, 2.45) is 17.8 Å². The fourth-order valence-electron chi connectivity index (χ4n) is 1.89. The van der Waals surface area contributed by atoms with Crippen LogP contribution in [0.5, 0.6) is 0 Å². The smallest absolute Gasteiger partial charge is 0.123 e. The fraction of sp³-hybridized carbons (Fsp3) is 0.889. The first-order valence-electron chi connectivity index (χ1n) is 4.19. The van der Waals surface area contributed by atoms with Crippen molar-refractivity contribution < 1.29 is 4.79 Å². The lowest BCUT2D eigenvalue weighted by atomic mass is 9.76. The molecule has 10 heavy (non-hydrogen) atoms. The van der Waals surface area contributed by atoms with Crippen molar-refractivity contribution in [1.29, 1.82) is 0 Å². The molecule has 0 amide bonds. The molecule has 0 aromatic rings. The van der Waals surface area contributed by atoms with Gasteiger partial charge in [0.05, 0.1) is 0 Å². The molecule has 0 spiro atoms. The minimum atomic E-state index is 0.358. The maximum absolute atomic E-state index is 10.5. The van der Waals surface area contributed by atoms with Crippen LogP contribution in [-0.4, -0.2) is 6.29 Å². The first-order valence-corrected chi connectivity index (χ1v) is 4.19. The Morgan fingerprint density at radius 2 is 2.00 bits per heavy atom. The molecule has 0 radical (unpaired) electrons. The lowest BCUT2D eigenvalue weighted by Crippen LogP contribution is -2.22. The maximum atomic E-state index is 10.5. The molecular formula is C9H16O. The van der Waals surface area contributed by atoms with Gasteiger partial charge in [0.1, 0.15) is 6.29 Å². The van der Waals surface area contributed by atoms with Gasteiger partial charge in [0.15, 0.2) is 0 Å². The van der Waals surface area contributed by atoms with Crippen molar-refractivity contribution in [2.45, 2.75) is 33.1 Å². The van der Waals surface area contributed by atoms with E-state index in [1.54, 1.807) is 0 Å². The Bertz CT molecular complexity index is 120. The van der Waals surface area contributed by atoms with Gasteiger partial charge in [-0.15, -0.1) is 0 Å². The van der Waals surface area contributed by atoms with Gasteiger partial charge < -0.3 is 4.79 Å². The summed E-state index contributed by atoms with van der Waals surface area (Å²) in [6.07, 6.45) is 4.74. The first-order chi connectivity index (χ1) is 4.74. The van der Waals surface area contributed by atoms with Crippen molar-refractivity contribution in [2.75, 3.05) is 0 Å². The summed E-state index contributed by atoms with van der Waals surface area (Å²) in [7, 11) is 0. The highest BCUT2D eigenvalue weighted by molar-refractivity contribution is 5.54. The van der Waals surface area contributed by atoms with E-state index >= 15 is 0 Å². The van der Waals surface area contributed by atoms with Crippen molar-refractivity contribution in [1.82, 2.24) is 0 Å². The molecule has 0 aromatic carbocycles. The third kappa shape index (κ3) is 1.59. The summed E-state index contributed by atoms with van der Waals surface area (Å²) in [6.45, 7) is 4.46. The molecule has 3 atom stereocenters. The van der Waals surface area contributed by atoms with Crippen LogP contribution in [0.25, 0.3) is 0 Å². The standard InChI is InChI=1S/C9H16O/c1-7-3-4-9(6-10)8(2)5-7/h6-9H,3-5H2,1-2H3/t7-,8+,9-/m0/s1. The highest BCUT2D eigenvalue weighted by Gasteiger charge is 2.24. The second-order valence-corrected chi connectivity index (χ2v) is 3.70. The van der Waals surface area contributed by atoms with E-state index in [9.17, 15) is 4.79 Å². The Morgan fingerprint density at radius 3 is 2.50 bits per heavy atom. The van der Waals surface area contributed by atoms with Gasteiger partial charge >= 0.3 is 0 Å². The third-order valence-electron chi connectivity index (χ3n) is 2.67. The van der Waals surface area contributed by atoms with Crippen LogP contribution in [0.2, 0.25) is 0 Å². The van der Waals surface area contributed by atoms with Crippen molar-refractivity contribution >= 4 is 6.29 Å². The van der Waals surface area contributed by atoms with Crippen molar-refractivity contribution in [3.05, 3.63) is 0 Å². The van der Waals surface area contributed by atoms with Gasteiger partial charge in [0, 0.05) is 5.92 Å². The molecule has 1 saturated carbocycles. The largest absolute Gasteiger partial charge is 0.303 e. The minimum Gasteiger partial charge on any atom is -0.303 e. The highest BCUT2D eigenvalue weighted by Crippen LogP contribution is 2.31. The van der Waals surface area contributed by atoms with E-state index in [0.29, 0.717) is 11.8 Å². The van der Waals surface area contributed by atoms with E-state index < -0.39 is 0 Å². The van der Waals surface area contributed by atoms with Gasteiger partial charge in [-0.3, -0.25) is 0 Å². The monoisotopic (exact) mass is 140 g/mol. The third-order valence-corrected chi connectivity index (χ3v) is 2.67. The summed E-state index contributed by atoms with van der Waals surface area (Å²) in [5.74, 6) is 1.82. The lowest BCUT2D eigenvalue weighted by Gasteiger charge is -2.28. The first kappa shape index (κ1) is 7.77. The zero-order chi connectivity index (χ0) is 7.56. The number of rotatable bonds is 1. The van der Waals surface area contributed by atoms with Gasteiger partial charge in [0.25, 0.3) is 0 Å². The molecule has 58 valence electrons. The zero-order valence-electron chi connectivity index (χ0n) is 6.84. The fourth-order valence-corrected chi connectivity index (χ4v) is 1.89. The van der Waals surface area contributed by atoms with E-state index in [0.717, 1.165) is 18.6 Å². The normalized spacial score (nSPS) is 41.2. The van der Waals surface area contributed by atoms with Gasteiger partial charge in [-0.25, -0.2) is 0 Å². The summed E-state index contributed by atoms with van der Waals surface area (Å²) < 4.78 is 0. The van der Waals surface area contributed by atoms with Gasteiger partial charge in [-0.1, -0.05) is 20.3 Å². The molecule has 1 nitrogen and oxygen atoms in total. The van der Waals surface area contributed by atoms with E-state index in [4.69, 9.17) is 0 Å². The van der Waals surface area contributed by atoms with Crippen LogP contribution in [0.4, 0.5) is 0 Å². The van der Waals surface area contributed by atoms with Crippen LogP contribution in [-0.2, 0) is 4.79 Å². The summed E-state index contributed by atoms with van der Waals surface area (Å²) in [4.78, 5) is 10.5. The van der Waals surface area contributed by atoms with E-state index in [1.807, 2.05) is 0 Å². The molecule has 0 unspecified atom stereocenters. The number of carbonyl (C=O) groups excluding carboxylic acids is 1. The second-order valence-electron chi connectivity index (χ2n) is 3.70. The van der Waals surface area contributed by atoms with Crippen LogP contribution >= 0.6 is 0 Å². The molecular weight excluding hydrogens is 124 g/mol. The zero-order valence-corrected chi connectivity index (χ0v) is 6.84. The Kier molecular flexibility index (Phi) is 2.47. The van der Waals surface area contributed by atoms with Crippen molar-refractivity contribution in [3.8, 4) is 0 Å². The molecule has 0 N–H and O–H groups in total. The molecule has 1 heteroatoms. The van der Waals surface area contributed by atoms with Crippen LogP contribution in [0.15, 0.2) is 0 Å². The lowest BCUT2D eigenvalue weighted by molar-refractivity contribution is -0.113. The molecule has 0 aromatic heterocycles. The summed E-state index contributed by atoms with van der Waals surface area (Å²) in [5.41, 5.74) is 0. The second kappa shape index (κ2) is 3.18. The van der Waals surface area contributed by atoms with Gasteiger partial charge in [0.2, 0.25) is 0 Å². The van der Waals surface area contributed by atoms with Crippen LogP contribution < -0.4 is 0 Å². The molecule has 0 saturated heterocycles. The molecule has 0 heterocycles. The van der Waals surface area contributed by atoms with Crippen LogP contribution in [0.3, 0.4) is 0 Å². The maximum Gasteiger partial charge on any atom is 0.123 e.